The minimum absolute atomic E-state index is 0.0462. The lowest BCUT2D eigenvalue weighted by Gasteiger charge is -2.35. The van der Waals surface area contributed by atoms with Gasteiger partial charge in [0.05, 0.1) is 5.92 Å². The molecule has 0 spiro atoms. The van der Waals surface area contributed by atoms with Crippen molar-refractivity contribution in [2.45, 2.75) is 43.9 Å². The average Bonchev–Trinajstić information content (AvgIpc) is 2.91. The molecule has 1 aliphatic carbocycles. The first kappa shape index (κ1) is 21.6. The lowest BCUT2D eigenvalue weighted by molar-refractivity contribution is -0.191. The van der Waals surface area contributed by atoms with Crippen LogP contribution in [0, 0.1) is 5.92 Å². The monoisotopic (exact) mass is 432 g/mol. The number of carbonyl (C=O) groups is 1. The van der Waals surface area contributed by atoms with Crippen molar-refractivity contribution in [3.05, 3.63) is 59.3 Å². The summed E-state index contributed by atoms with van der Waals surface area (Å²) in [6, 6.07) is 9.29. The Kier molecular flexibility index (Phi) is 5.45. The predicted molar refractivity (Wildman–Crippen MR) is 113 cm³/mol. The highest BCUT2D eigenvalue weighted by Crippen LogP contribution is 2.40. The highest BCUT2D eigenvalue weighted by atomic mass is 19.4. The quantitative estimate of drug-likeness (QED) is 0.757. The van der Waals surface area contributed by atoms with E-state index in [1.54, 1.807) is 6.07 Å². The smallest absolute Gasteiger partial charge is 0.366 e. The van der Waals surface area contributed by atoms with E-state index in [9.17, 15) is 18.0 Å². The average molecular weight is 432 g/mol. The molecular formula is C23H27F3N4O. The van der Waals surface area contributed by atoms with Crippen molar-refractivity contribution in [2.24, 2.45) is 5.92 Å². The molecule has 2 atom stereocenters. The van der Waals surface area contributed by atoms with Gasteiger partial charge in [0.2, 0.25) is 5.91 Å². The Morgan fingerprint density at radius 2 is 1.94 bits per heavy atom. The standard InChI is InChI=1S/C23H27F3N4O/c1-22(2)17-7-5-4-6-14(17)10-18(22)29-19-9-8-15(13-28-19)20(23(24,25)26)30(3)21(31)16-11-27-12-16/h4-9,13,16,18,20,27H,10-12H2,1-3H3,(H,28,29). The van der Waals surface area contributed by atoms with Crippen LogP contribution in [0.25, 0.3) is 0 Å². The molecule has 31 heavy (non-hydrogen) atoms. The maximum atomic E-state index is 13.8. The maximum absolute atomic E-state index is 13.8. The second-order valence-corrected chi connectivity index (χ2v) is 9.01. The lowest BCUT2D eigenvalue weighted by atomic mass is 9.83. The fourth-order valence-electron chi connectivity index (χ4n) is 4.56. The van der Waals surface area contributed by atoms with Gasteiger partial charge in [-0.15, -0.1) is 0 Å². The summed E-state index contributed by atoms with van der Waals surface area (Å²) in [5.74, 6) is -0.392. The van der Waals surface area contributed by atoms with Crippen LogP contribution in [0.3, 0.4) is 0 Å². The molecule has 8 heteroatoms. The zero-order valence-electron chi connectivity index (χ0n) is 17.8. The van der Waals surface area contributed by atoms with E-state index < -0.39 is 24.0 Å². The van der Waals surface area contributed by atoms with Gasteiger partial charge in [-0.2, -0.15) is 13.2 Å². The molecule has 2 unspecified atom stereocenters. The fraction of sp³-hybridized carbons (Fsp3) is 0.478. The van der Waals surface area contributed by atoms with Crippen molar-refractivity contribution in [1.29, 1.82) is 0 Å². The molecule has 0 bridgehead atoms. The molecule has 0 saturated carbocycles. The van der Waals surface area contributed by atoms with Crippen LogP contribution in [0.2, 0.25) is 0 Å². The van der Waals surface area contributed by atoms with Crippen molar-refractivity contribution in [3.63, 3.8) is 0 Å². The SMILES string of the molecule is CN(C(=O)C1CNC1)C(c1ccc(NC2Cc3ccccc3C2(C)C)nc1)C(F)(F)F. The van der Waals surface area contributed by atoms with Gasteiger partial charge in [-0.05, 0) is 23.6 Å². The van der Waals surface area contributed by atoms with Crippen molar-refractivity contribution in [1.82, 2.24) is 15.2 Å². The van der Waals surface area contributed by atoms with E-state index in [-0.39, 0.29) is 17.0 Å². The van der Waals surface area contributed by atoms with Gasteiger partial charge in [0.15, 0.2) is 6.04 Å². The Balaban J connectivity index is 1.52. The van der Waals surface area contributed by atoms with Gasteiger partial charge in [0.25, 0.3) is 0 Å². The van der Waals surface area contributed by atoms with E-state index in [2.05, 4.69) is 41.6 Å². The fourth-order valence-corrected chi connectivity index (χ4v) is 4.56. The van der Waals surface area contributed by atoms with Gasteiger partial charge in [-0.25, -0.2) is 4.98 Å². The van der Waals surface area contributed by atoms with Gasteiger partial charge in [0, 0.05) is 43.4 Å². The summed E-state index contributed by atoms with van der Waals surface area (Å²) in [5, 5.41) is 6.31. The van der Waals surface area contributed by atoms with Crippen LogP contribution in [0.15, 0.2) is 42.6 Å². The third kappa shape index (κ3) is 4.01. The summed E-state index contributed by atoms with van der Waals surface area (Å²) >= 11 is 0. The van der Waals surface area contributed by atoms with Gasteiger partial charge in [-0.3, -0.25) is 4.79 Å². The van der Waals surface area contributed by atoms with E-state index in [0.29, 0.717) is 18.9 Å². The van der Waals surface area contributed by atoms with Crippen LogP contribution in [-0.2, 0) is 16.6 Å². The zero-order chi connectivity index (χ0) is 22.4. The van der Waals surface area contributed by atoms with Crippen LogP contribution in [0.1, 0.15) is 36.6 Å². The number of amides is 1. The number of benzene rings is 1. The van der Waals surface area contributed by atoms with Crippen molar-refractivity contribution in [3.8, 4) is 0 Å². The van der Waals surface area contributed by atoms with Crippen molar-refractivity contribution in [2.75, 3.05) is 25.5 Å². The molecule has 0 radical (unpaired) electrons. The molecule has 2 heterocycles. The van der Waals surface area contributed by atoms with Crippen LogP contribution in [0.4, 0.5) is 19.0 Å². The minimum Gasteiger partial charge on any atom is -0.366 e. The van der Waals surface area contributed by atoms with Crippen LogP contribution < -0.4 is 10.6 Å². The maximum Gasteiger partial charge on any atom is 0.413 e. The largest absolute Gasteiger partial charge is 0.413 e. The lowest BCUT2D eigenvalue weighted by Crippen LogP contribution is -2.53. The number of aromatic nitrogens is 1. The number of hydrogen-bond acceptors (Lipinski definition) is 4. The number of hydrogen-bond donors (Lipinski definition) is 2. The first-order valence-corrected chi connectivity index (χ1v) is 10.4. The molecule has 4 rings (SSSR count). The van der Waals surface area contributed by atoms with E-state index in [4.69, 9.17) is 0 Å². The first-order chi connectivity index (χ1) is 14.6. The number of carbonyl (C=O) groups excluding carboxylic acids is 1. The number of pyridine rings is 1. The van der Waals surface area contributed by atoms with Crippen molar-refractivity contribution < 1.29 is 18.0 Å². The van der Waals surface area contributed by atoms with Gasteiger partial charge >= 0.3 is 6.18 Å². The summed E-state index contributed by atoms with van der Waals surface area (Å²) in [6.07, 6.45) is -2.55. The molecule has 166 valence electrons. The summed E-state index contributed by atoms with van der Waals surface area (Å²) < 4.78 is 41.5. The van der Waals surface area contributed by atoms with Crippen molar-refractivity contribution >= 4 is 11.7 Å². The Morgan fingerprint density at radius 1 is 1.23 bits per heavy atom. The first-order valence-electron chi connectivity index (χ1n) is 10.4. The number of nitrogens with zero attached hydrogens (tertiary/aromatic N) is 2. The van der Waals surface area contributed by atoms with E-state index in [1.165, 1.54) is 30.4 Å². The second-order valence-electron chi connectivity index (χ2n) is 9.01. The van der Waals surface area contributed by atoms with Gasteiger partial charge in [-0.1, -0.05) is 44.2 Å². The summed E-state index contributed by atoms with van der Waals surface area (Å²) in [7, 11) is 1.21. The molecule has 1 aromatic heterocycles. The molecule has 1 amide bonds. The normalized spacial score (nSPS) is 21.2. The highest BCUT2D eigenvalue weighted by molar-refractivity contribution is 5.80. The third-order valence-corrected chi connectivity index (χ3v) is 6.61. The second kappa shape index (κ2) is 7.82. The van der Waals surface area contributed by atoms with Crippen LogP contribution in [0.5, 0.6) is 0 Å². The summed E-state index contributed by atoms with van der Waals surface area (Å²) in [4.78, 5) is 17.5. The highest BCUT2D eigenvalue weighted by Gasteiger charge is 2.47. The molecular weight excluding hydrogens is 405 g/mol. The molecule has 1 saturated heterocycles. The molecule has 1 fully saturated rings. The molecule has 5 nitrogen and oxygen atoms in total. The third-order valence-electron chi connectivity index (χ3n) is 6.61. The van der Waals surface area contributed by atoms with E-state index >= 15 is 0 Å². The number of nitrogens with one attached hydrogen (secondary N) is 2. The Hall–Kier alpha value is -2.61. The molecule has 2 aromatic rings. The van der Waals surface area contributed by atoms with Crippen LogP contribution >= 0.6 is 0 Å². The zero-order valence-corrected chi connectivity index (χ0v) is 17.8. The number of rotatable bonds is 5. The summed E-state index contributed by atoms with van der Waals surface area (Å²) in [6.45, 7) is 5.13. The Bertz CT molecular complexity index is 954. The number of fused-ring (bicyclic) bond motifs is 1. The number of halogens is 3. The van der Waals surface area contributed by atoms with Crippen LogP contribution in [-0.4, -0.2) is 48.1 Å². The van der Waals surface area contributed by atoms with E-state index in [1.807, 2.05) is 12.1 Å². The topological polar surface area (TPSA) is 57.3 Å². The van der Waals surface area contributed by atoms with Gasteiger partial charge in [0.1, 0.15) is 5.82 Å². The Labute approximate surface area is 180 Å². The van der Waals surface area contributed by atoms with Gasteiger partial charge < -0.3 is 15.5 Å². The number of anilines is 1. The predicted octanol–water partition coefficient (Wildman–Crippen LogP) is 3.68. The van der Waals surface area contributed by atoms with E-state index in [0.717, 1.165) is 11.3 Å². The number of alkyl halides is 3. The molecule has 1 aromatic carbocycles. The molecule has 1 aliphatic heterocycles. The summed E-state index contributed by atoms with van der Waals surface area (Å²) in [5.41, 5.74) is 2.36. The molecule has 2 aliphatic rings. The minimum atomic E-state index is -4.59. The Morgan fingerprint density at radius 3 is 2.48 bits per heavy atom. The molecule has 2 N–H and O–H groups in total.